The molecule has 0 spiro atoms. The lowest BCUT2D eigenvalue weighted by Crippen LogP contribution is -2.31. The van der Waals surface area contributed by atoms with Gasteiger partial charge in [-0.1, -0.05) is 5.16 Å². The van der Waals surface area contributed by atoms with Crippen LogP contribution in [0.1, 0.15) is 39.3 Å². The molecule has 0 fully saturated rings. The van der Waals surface area contributed by atoms with Crippen LogP contribution in [0.3, 0.4) is 0 Å². The predicted molar refractivity (Wildman–Crippen MR) is 101 cm³/mol. The van der Waals surface area contributed by atoms with Gasteiger partial charge in [-0.25, -0.2) is 0 Å². The summed E-state index contributed by atoms with van der Waals surface area (Å²) in [6, 6.07) is 3.95. The van der Waals surface area contributed by atoms with Crippen molar-refractivity contribution in [3.8, 4) is 0 Å². The van der Waals surface area contributed by atoms with E-state index in [4.69, 9.17) is 9.26 Å². The maximum absolute atomic E-state index is 5.91. The Bertz CT molecular complexity index is 888. The molecule has 140 valence electrons. The monoisotopic (exact) mass is 364 g/mol. The fourth-order valence-electron chi connectivity index (χ4n) is 3.59. The number of aryl methyl sites for hydroxylation is 2. The van der Waals surface area contributed by atoms with Gasteiger partial charge < -0.3 is 9.26 Å². The Morgan fingerprint density at radius 2 is 1.96 bits per heavy atom. The van der Waals surface area contributed by atoms with Crippen LogP contribution < -0.4 is 0 Å². The van der Waals surface area contributed by atoms with E-state index in [2.05, 4.69) is 20.0 Å². The third-order valence-electron chi connectivity index (χ3n) is 5.15. The van der Waals surface area contributed by atoms with E-state index in [1.54, 1.807) is 12.4 Å². The molecule has 0 aliphatic carbocycles. The van der Waals surface area contributed by atoms with E-state index in [1.165, 1.54) is 22.3 Å². The van der Waals surface area contributed by atoms with E-state index in [0.29, 0.717) is 13.2 Å². The summed E-state index contributed by atoms with van der Waals surface area (Å²) in [5.74, 6) is 0.912. The molecule has 0 unspecified atom stereocenters. The van der Waals surface area contributed by atoms with Gasteiger partial charge in [0.05, 0.1) is 18.9 Å². The highest BCUT2D eigenvalue weighted by atomic mass is 16.5. The van der Waals surface area contributed by atoms with Gasteiger partial charge in [0.15, 0.2) is 0 Å². The molecule has 3 aromatic rings. The highest BCUT2D eigenvalue weighted by Crippen LogP contribution is 2.25. The molecular weight excluding hydrogens is 340 g/mol. The van der Waals surface area contributed by atoms with Gasteiger partial charge in [0.1, 0.15) is 5.76 Å². The van der Waals surface area contributed by atoms with Gasteiger partial charge in [-0.2, -0.15) is 0 Å². The Morgan fingerprint density at radius 3 is 2.74 bits per heavy atom. The van der Waals surface area contributed by atoms with Crippen molar-refractivity contribution in [2.75, 3.05) is 6.54 Å². The molecule has 0 atom stereocenters. The minimum atomic E-state index is 0.586. The number of hydrogen-bond acceptors (Lipinski definition) is 6. The Hall–Kier alpha value is -2.57. The van der Waals surface area contributed by atoms with Crippen LogP contribution in [-0.2, 0) is 37.5 Å². The summed E-state index contributed by atoms with van der Waals surface area (Å²) >= 11 is 0. The molecule has 0 amide bonds. The smallest absolute Gasteiger partial charge is 0.138 e. The zero-order valence-electron chi connectivity index (χ0n) is 15.8. The molecule has 0 radical (unpaired) electrons. The third kappa shape index (κ3) is 4.07. The largest absolute Gasteiger partial charge is 0.372 e. The Morgan fingerprint density at radius 1 is 1.11 bits per heavy atom. The molecule has 4 heterocycles. The van der Waals surface area contributed by atoms with Gasteiger partial charge >= 0.3 is 0 Å². The van der Waals surface area contributed by atoms with E-state index in [1.807, 2.05) is 38.4 Å². The Balaban J connectivity index is 1.40. The number of ether oxygens (including phenoxy) is 1. The molecular formula is C21H24N4O2. The first kappa shape index (κ1) is 17.8. The first-order valence-corrected chi connectivity index (χ1v) is 9.26. The summed E-state index contributed by atoms with van der Waals surface area (Å²) in [7, 11) is 0. The van der Waals surface area contributed by atoms with Crippen LogP contribution >= 0.6 is 0 Å². The molecule has 0 aromatic carbocycles. The van der Waals surface area contributed by atoms with E-state index in [0.717, 1.165) is 43.1 Å². The van der Waals surface area contributed by atoms with Crippen LogP contribution in [0.5, 0.6) is 0 Å². The number of fused-ring (bicyclic) bond motifs is 1. The number of hydrogen-bond donors (Lipinski definition) is 0. The van der Waals surface area contributed by atoms with Crippen LogP contribution in [0, 0.1) is 13.8 Å². The molecule has 0 saturated heterocycles. The van der Waals surface area contributed by atoms with Crippen molar-refractivity contribution in [3.63, 3.8) is 0 Å². The van der Waals surface area contributed by atoms with Gasteiger partial charge in [-0.05, 0) is 54.7 Å². The summed E-state index contributed by atoms with van der Waals surface area (Å²) < 4.78 is 11.2. The SMILES string of the molecule is Cc1noc(C)c1CN1CCc2c(COCc3ccncc3)cncc2C1. The van der Waals surface area contributed by atoms with Crippen molar-refractivity contribution < 1.29 is 9.26 Å². The summed E-state index contributed by atoms with van der Waals surface area (Å²) in [4.78, 5) is 10.9. The minimum absolute atomic E-state index is 0.586. The lowest BCUT2D eigenvalue weighted by Gasteiger charge is -2.29. The number of pyridine rings is 2. The zero-order valence-corrected chi connectivity index (χ0v) is 15.8. The molecule has 4 rings (SSSR count). The van der Waals surface area contributed by atoms with Gasteiger partial charge in [0, 0.05) is 50.0 Å². The zero-order chi connectivity index (χ0) is 18.6. The van der Waals surface area contributed by atoms with Crippen LogP contribution in [0.15, 0.2) is 41.4 Å². The molecule has 6 heteroatoms. The highest BCUT2D eigenvalue weighted by Gasteiger charge is 2.21. The van der Waals surface area contributed by atoms with E-state index in [-0.39, 0.29) is 0 Å². The van der Waals surface area contributed by atoms with Gasteiger partial charge in [-0.3, -0.25) is 14.9 Å². The van der Waals surface area contributed by atoms with Gasteiger partial charge in [0.25, 0.3) is 0 Å². The molecule has 1 aliphatic heterocycles. The number of rotatable bonds is 6. The van der Waals surface area contributed by atoms with E-state index in [9.17, 15) is 0 Å². The normalized spacial score (nSPS) is 14.3. The molecule has 1 aliphatic rings. The lowest BCUT2D eigenvalue weighted by molar-refractivity contribution is 0.105. The summed E-state index contributed by atoms with van der Waals surface area (Å²) in [5, 5.41) is 4.06. The van der Waals surface area contributed by atoms with Crippen molar-refractivity contribution in [1.29, 1.82) is 0 Å². The molecule has 0 bridgehead atoms. The van der Waals surface area contributed by atoms with Crippen LogP contribution in [0.2, 0.25) is 0 Å². The van der Waals surface area contributed by atoms with E-state index >= 15 is 0 Å². The highest BCUT2D eigenvalue weighted by molar-refractivity contribution is 5.34. The van der Waals surface area contributed by atoms with Gasteiger partial charge in [-0.15, -0.1) is 0 Å². The predicted octanol–water partition coefficient (Wildman–Crippen LogP) is 3.36. The average molecular weight is 364 g/mol. The molecule has 0 N–H and O–H groups in total. The second kappa shape index (κ2) is 7.98. The van der Waals surface area contributed by atoms with Crippen molar-refractivity contribution in [2.24, 2.45) is 0 Å². The topological polar surface area (TPSA) is 64.3 Å². The van der Waals surface area contributed by atoms with Gasteiger partial charge in [0.2, 0.25) is 0 Å². The van der Waals surface area contributed by atoms with Crippen LogP contribution in [0.25, 0.3) is 0 Å². The minimum Gasteiger partial charge on any atom is -0.372 e. The maximum Gasteiger partial charge on any atom is 0.138 e. The average Bonchev–Trinajstić information content (AvgIpc) is 3.01. The number of nitrogens with zero attached hydrogens (tertiary/aromatic N) is 4. The molecule has 3 aromatic heterocycles. The van der Waals surface area contributed by atoms with Crippen molar-refractivity contribution in [2.45, 2.75) is 46.6 Å². The Labute approximate surface area is 159 Å². The standard InChI is InChI=1S/C21H24N4O2/c1-15-21(16(2)27-24-15)12-25-8-5-20-18(11-25)9-23-10-19(20)14-26-13-17-3-6-22-7-4-17/h3-4,6-7,9-10H,5,8,11-14H2,1-2H3. The first-order valence-electron chi connectivity index (χ1n) is 9.26. The number of aromatic nitrogens is 3. The molecule has 6 nitrogen and oxygen atoms in total. The fraction of sp³-hybridized carbons (Fsp3) is 0.381. The molecule has 27 heavy (non-hydrogen) atoms. The summed E-state index contributed by atoms with van der Waals surface area (Å²) in [5.41, 5.74) is 7.18. The van der Waals surface area contributed by atoms with Crippen molar-refractivity contribution in [1.82, 2.24) is 20.0 Å². The second-order valence-corrected chi connectivity index (χ2v) is 7.05. The summed E-state index contributed by atoms with van der Waals surface area (Å²) in [6.07, 6.45) is 8.52. The maximum atomic E-state index is 5.91. The Kier molecular flexibility index (Phi) is 5.27. The quantitative estimate of drug-likeness (QED) is 0.668. The fourth-order valence-corrected chi connectivity index (χ4v) is 3.59. The lowest BCUT2D eigenvalue weighted by atomic mass is 9.97. The van der Waals surface area contributed by atoms with Crippen molar-refractivity contribution >= 4 is 0 Å². The van der Waals surface area contributed by atoms with Crippen molar-refractivity contribution in [3.05, 3.63) is 76.2 Å². The second-order valence-electron chi connectivity index (χ2n) is 7.05. The van der Waals surface area contributed by atoms with E-state index < -0.39 is 0 Å². The summed E-state index contributed by atoms with van der Waals surface area (Å²) in [6.45, 7) is 7.93. The third-order valence-corrected chi connectivity index (χ3v) is 5.15. The molecule has 0 saturated carbocycles. The first-order chi connectivity index (χ1) is 13.2. The van der Waals surface area contributed by atoms with Crippen LogP contribution in [-0.4, -0.2) is 26.6 Å². The van der Waals surface area contributed by atoms with Crippen LogP contribution in [0.4, 0.5) is 0 Å².